The van der Waals surface area contributed by atoms with Crippen molar-refractivity contribution >= 4 is 17.8 Å². The Bertz CT molecular complexity index is 759. The van der Waals surface area contributed by atoms with Gasteiger partial charge in [0.2, 0.25) is 0 Å². The number of rotatable bonds is 8. The van der Waals surface area contributed by atoms with E-state index in [4.69, 9.17) is 9.47 Å². The molecule has 0 aliphatic heterocycles. The van der Waals surface area contributed by atoms with E-state index in [9.17, 15) is 14.9 Å². The molecule has 0 aromatic heterocycles. The highest BCUT2D eigenvalue weighted by molar-refractivity contribution is 5.83. The number of carbonyl (C=O) groups is 1. The molecule has 1 amide bonds. The Morgan fingerprint density at radius 1 is 1.20 bits per heavy atom. The minimum absolute atomic E-state index is 0.0261. The molecule has 0 saturated carbocycles. The molecule has 2 rings (SSSR count). The van der Waals surface area contributed by atoms with Crippen LogP contribution in [0.2, 0.25) is 0 Å². The number of para-hydroxylation sites is 2. The van der Waals surface area contributed by atoms with E-state index in [0.29, 0.717) is 6.61 Å². The number of ether oxygens (including phenoxy) is 2. The minimum Gasteiger partial charge on any atom is -0.494 e. The lowest BCUT2D eigenvalue weighted by atomic mass is 10.2. The Labute approximate surface area is 144 Å². The molecule has 0 saturated heterocycles. The number of amides is 1. The molecule has 0 fully saturated rings. The van der Waals surface area contributed by atoms with Gasteiger partial charge >= 0.3 is 5.69 Å². The van der Waals surface area contributed by atoms with E-state index in [-0.39, 0.29) is 18.0 Å². The van der Waals surface area contributed by atoms with Crippen LogP contribution in [0.5, 0.6) is 11.5 Å². The van der Waals surface area contributed by atoms with Crippen LogP contribution in [0.3, 0.4) is 0 Å². The number of benzene rings is 2. The van der Waals surface area contributed by atoms with Crippen molar-refractivity contribution in [2.75, 3.05) is 13.2 Å². The summed E-state index contributed by atoms with van der Waals surface area (Å²) in [7, 11) is 0. The van der Waals surface area contributed by atoms with Crippen LogP contribution in [-0.4, -0.2) is 30.3 Å². The molecule has 25 heavy (non-hydrogen) atoms. The fourth-order valence-electron chi connectivity index (χ4n) is 1.90. The molecule has 2 aromatic rings. The zero-order valence-electron chi connectivity index (χ0n) is 13.5. The highest BCUT2D eigenvalue weighted by Crippen LogP contribution is 2.25. The topological polar surface area (TPSA) is 103 Å². The molecule has 0 aliphatic rings. The molecule has 1 N–H and O–H groups in total. The van der Waals surface area contributed by atoms with Crippen molar-refractivity contribution in [2.24, 2.45) is 5.10 Å². The molecule has 2 aromatic carbocycles. The third-order valence-corrected chi connectivity index (χ3v) is 3.01. The number of hydrogen-bond donors (Lipinski definition) is 1. The van der Waals surface area contributed by atoms with Crippen LogP contribution in [0.4, 0.5) is 5.69 Å². The molecule has 0 bridgehead atoms. The largest absolute Gasteiger partial charge is 0.494 e. The van der Waals surface area contributed by atoms with Crippen LogP contribution in [-0.2, 0) is 4.79 Å². The fraction of sp³-hybridized carbons (Fsp3) is 0.176. The van der Waals surface area contributed by atoms with Crippen molar-refractivity contribution in [3.63, 3.8) is 0 Å². The normalized spacial score (nSPS) is 10.4. The van der Waals surface area contributed by atoms with Crippen molar-refractivity contribution in [1.82, 2.24) is 5.43 Å². The van der Waals surface area contributed by atoms with E-state index in [1.165, 1.54) is 24.4 Å². The van der Waals surface area contributed by atoms with Gasteiger partial charge in [0.15, 0.2) is 12.4 Å². The lowest BCUT2D eigenvalue weighted by Crippen LogP contribution is -2.24. The first-order valence-corrected chi connectivity index (χ1v) is 7.51. The fourth-order valence-corrected chi connectivity index (χ4v) is 1.90. The summed E-state index contributed by atoms with van der Waals surface area (Å²) in [6, 6.07) is 13.0. The summed E-state index contributed by atoms with van der Waals surface area (Å²) in [5, 5.41) is 14.7. The SMILES string of the molecule is CCOc1ccc(/C=N\NC(=O)COc2ccccc2[N+](=O)[O-])cc1. The van der Waals surface area contributed by atoms with Crippen LogP contribution < -0.4 is 14.9 Å². The second-order valence-electron chi connectivity index (χ2n) is 4.81. The van der Waals surface area contributed by atoms with E-state index < -0.39 is 10.8 Å². The van der Waals surface area contributed by atoms with Crippen LogP contribution in [0.15, 0.2) is 53.6 Å². The first kappa shape index (κ1) is 17.9. The quantitative estimate of drug-likeness (QED) is 0.451. The molecule has 0 atom stereocenters. The Kier molecular flexibility index (Phi) is 6.47. The predicted molar refractivity (Wildman–Crippen MR) is 91.9 cm³/mol. The number of nitro benzene ring substituents is 1. The molecule has 8 heteroatoms. The second-order valence-corrected chi connectivity index (χ2v) is 4.81. The van der Waals surface area contributed by atoms with Gasteiger partial charge in [-0.3, -0.25) is 14.9 Å². The van der Waals surface area contributed by atoms with E-state index in [1.54, 1.807) is 30.3 Å². The highest BCUT2D eigenvalue weighted by atomic mass is 16.6. The van der Waals surface area contributed by atoms with Gasteiger partial charge < -0.3 is 9.47 Å². The molecule has 0 unspecified atom stereocenters. The lowest BCUT2D eigenvalue weighted by molar-refractivity contribution is -0.385. The number of carbonyl (C=O) groups excluding carboxylic acids is 1. The predicted octanol–water partition coefficient (Wildman–Crippen LogP) is 2.52. The standard InChI is InChI=1S/C17H17N3O5/c1-2-24-14-9-7-13(8-10-14)11-18-19-17(21)12-25-16-6-4-3-5-15(16)20(22)23/h3-11H,2,12H2,1H3,(H,19,21)/b18-11-. The summed E-state index contributed by atoms with van der Waals surface area (Å²) in [5.41, 5.74) is 2.87. The maximum atomic E-state index is 11.7. The molecular formula is C17H17N3O5. The Morgan fingerprint density at radius 2 is 1.92 bits per heavy atom. The molecular weight excluding hydrogens is 326 g/mol. The van der Waals surface area contributed by atoms with E-state index in [1.807, 2.05) is 6.92 Å². The van der Waals surface area contributed by atoms with E-state index in [2.05, 4.69) is 10.5 Å². The molecule has 8 nitrogen and oxygen atoms in total. The summed E-state index contributed by atoms with van der Waals surface area (Å²) in [6.07, 6.45) is 1.47. The third kappa shape index (κ3) is 5.61. The molecule has 0 spiro atoms. The molecule has 0 heterocycles. The third-order valence-electron chi connectivity index (χ3n) is 3.01. The van der Waals surface area contributed by atoms with Crippen LogP contribution in [0, 0.1) is 10.1 Å². The molecule has 130 valence electrons. The monoisotopic (exact) mass is 343 g/mol. The smallest absolute Gasteiger partial charge is 0.310 e. The average molecular weight is 343 g/mol. The highest BCUT2D eigenvalue weighted by Gasteiger charge is 2.14. The molecule has 0 aliphatic carbocycles. The van der Waals surface area contributed by atoms with Gasteiger partial charge in [-0.2, -0.15) is 5.10 Å². The van der Waals surface area contributed by atoms with Gasteiger partial charge in [0.05, 0.1) is 17.7 Å². The van der Waals surface area contributed by atoms with Gasteiger partial charge in [0.1, 0.15) is 5.75 Å². The number of nitrogens with one attached hydrogen (secondary N) is 1. The minimum atomic E-state index is -0.572. The maximum absolute atomic E-state index is 11.7. The summed E-state index contributed by atoms with van der Waals surface area (Å²) in [5.74, 6) is 0.250. The zero-order valence-corrected chi connectivity index (χ0v) is 13.5. The number of hydrogen-bond acceptors (Lipinski definition) is 6. The summed E-state index contributed by atoms with van der Waals surface area (Å²) >= 11 is 0. The zero-order chi connectivity index (χ0) is 18.1. The van der Waals surface area contributed by atoms with Gasteiger partial charge in [0.25, 0.3) is 5.91 Å². The number of hydrazone groups is 1. The Hall–Kier alpha value is -3.42. The van der Waals surface area contributed by atoms with Crippen molar-refractivity contribution in [3.05, 3.63) is 64.2 Å². The van der Waals surface area contributed by atoms with Crippen molar-refractivity contribution < 1.29 is 19.2 Å². The van der Waals surface area contributed by atoms with Crippen molar-refractivity contribution in [1.29, 1.82) is 0 Å². The van der Waals surface area contributed by atoms with E-state index in [0.717, 1.165) is 11.3 Å². The summed E-state index contributed by atoms with van der Waals surface area (Å²) in [6.45, 7) is 2.10. The Balaban J connectivity index is 1.83. The van der Waals surface area contributed by atoms with Gasteiger partial charge in [-0.05, 0) is 42.8 Å². The van der Waals surface area contributed by atoms with Crippen LogP contribution >= 0.6 is 0 Å². The van der Waals surface area contributed by atoms with Gasteiger partial charge in [-0.15, -0.1) is 0 Å². The summed E-state index contributed by atoms with van der Waals surface area (Å²) in [4.78, 5) is 22.0. The molecule has 0 radical (unpaired) electrons. The second kappa shape index (κ2) is 9.02. The van der Waals surface area contributed by atoms with Gasteiger partial charge in [0, 0.05) is 6.07 Å². The van der Waals surface area contributed by atoms with Gasteiger partial charge in [-0.25, -0.2) is 5.43 Å². The maximum Gasteiger partial charge on any atom is 0.310 e. The van der Waals surface area contributed by atoms with E-state index >= 15 is 0 Å². The lowest BCUT2D eigenvalue weighted by Gasteiger charge is -2.05. The first-order chi connectivity index (χ1) is 12.1. The first-order valence-electron chi connectivity index (χ1n) is 7.51. The average Bonchev–Trinajstić information content (AvgIpc) is 2.62. The number of nitro groups is 1. The van der Waals surface area contributed by atoms with Crippen molar-refractivity contribution in [2.45, 2.75) is 6.92 Å². The Morgan fingerprint density at radius 3 is 2.60 bits per heavy atom. The number of nitrogens with zero attached hydrogens (tertiary/aromatic N) is 2. The van der Waals surface area contributed by atoms with Crippen LogP contribution in [0.25, 0.3) is 0 Å². The van der Waals surface area contributed by atoms with Crippen LogP contribution in [0.1, 0.15) is 12.5 Å². The van der Waals surface area contributed by atoms with Gasteiger partial charge in [-0.1, -0.05) is 12.1 Å². The summed E-state index contributed by atoms with van der Waals surface area (Å²) < 4.78 is 10.5. The van der Waals surface area contributed by atoms with Crippen molar-refractivity contribution in [3.8, 4) is 11.5 Å².